The van der Waals surface area contributed by atoms with Crippen LogP contribution in [-0.2, 0) is 6.54 Å². The SMILES string of the molecule is CSCCCCn1ccnc1N. The topological polar surface area (TPSA) is 43.8 Å². The van der Waals surface area contributed by atoms with Gasteiger partial charge in [0.2, 0.25) is 0 Å². The second-order valence-corrected chi connectivity index (χ2v) is 3.66. The number of nitrogens with two attached hydrogens (primary N) is 1. The summed E-state index contributed by atoms with van der Waals surface area (Å²) in [7, 11) is 0. The molecule has 68 valence electrons. The van der Waals surface area contributed by atoms with E-state index >= 15 is 0 Å². The Morgan fingerprint density at radius 3 is 3.00 bits per heavy atom. The van der Waals surface area contributed by atoms with Gasteiger partial charge in [0.1, 0.15) is 0 Å². The molecule has 0 radical (unpaired) electrons. The Labute approximate surface area is 77.4 Å². The van der Waals surface area contributed by atoms with Crippen LogP contribution in [0.25, 0.3) is 0 Å². The summed E-state index contributed by atoms with van der Waals surface area (Å²) in [6.07, 6.45) is 8.23. The molecule has 0 spiro atoms. The Kier molecular flexibility index (Phi) is 4.00. The number of nitrogens with zero attached hydrogens (tertiary/aromatic N) is 2. The smallest absolute Gasteiger partial charge is 0.200 e. The summed E-state index contributed by atoms with van der Waals surface area (Å²) in [5.74, 6) is 1.85. The molecule has 1 heterocycles. The third-order valence-electron chi connectivity index (χ3n) is 1.75. The van der Waals surface area contributed by atoms with E-state index < -0.39 is 0 Å². The fourth-order valence-electron chi connectivity index (χ4n) is 1.06. The molecule has 0 fully saturated rings. The van der Waals surface area contributed by atoms with Crippen LogP contribution in [0.3, 0.4) is 0 Å². The molecule has 1 aromatic rings. The summed E-state index contributed by atoms with van der Waals surface area (Å²) in [5, 5.41) is 0. The van der Waals surface area contributed by atoms with Crippen molar-refractivity contribution in [2.24, 2.45) is 0 Å². The average molecular weight is 185 g/mol. The van der Waals surface area contributed by atoms with Crippen molar-refractivity contribution in [1.82, 2.24) is 9.55 Å². The van der Waals surface area contributed by atoms with E-state index in [0.29, 0.717) is 5.95 Å². The molecular weight excluding hydrogens is 170 g/mol. The highest BCUT2D eigenvalue weighted by Crippen LogP contribution is 2.04. The molecule has 0 aromatic carbocycles. The fraction of sp³-hybridized carbons (Fsp3) is 0.625. The lowest BCUT2D eigenvalue weighted by Crippen LogP contribution is -2.02. The molecular formula is C8H15N3S. The van der Waals surface area contributed by atoms with Crippen molar-refractivity contribution in [3.63, 3.8) is 0 Å². The predicted octanol–water partition coefficient (Wildman–Crippen LogP) is 1.61. The zero-order chi connectivity index (χ0) is 8.81. The van der Waals surface area contributed by atoms with Crippen molar-refractivity contribution in [3.8, 4) is 0 Å². The number of anilines is 1. The number of hydrogen-bond donors (Lipinski definition) is 1. The average Bonchev–Trinajstić information content (AvgIpc) is 2.46. The lowest BCUT2D eigenvalue weighted by Gasteiger charge is -2.02. The van der Waals surface area contributed by atoms with Crippen LogP contribution in [0.1, 0.15) is 12.8 Å². The molecule has 0 aliphatic rings. The molecule has 0 unspecified atom stereocenters. The zero-order valence-corrected chi connectivity index (χ0v) is 8.18. The van der Waals surface area contributed by atoms with E-state index in [-0.39, 0.29) is 0 Å². The number of aryl methyl sites for hydroxylation is 1. The molecule has 0 aliphatic carbocycles. The monoisotopic (exact) mass is 185 g/mol. The van der Waals surface area contributed by atoms with E-state index in [4.69, 9.17) is 5.73 Å². The van der Waals surface area contributed by atoms with Gasteiger partial charge >= 0.3 is 0 Å². The van der Waals surface area contributed by atoms with Crippen LogP contribution in [0, 0.1) is 0 Å². The van der Waals surface area contributed by atoms with Crippen LogP contribution >= 0.6 is 11.8 Å². The Bertz CT molecular complexity index is 222. The molecule has 12 heavy (non-hydrogen) atoms. The van der Waals surface area contributed by atoms with Crippen LogP contribution in [0.15, 0.2) is 12.4 Å². The minimum atomic E-state index is 0.624. The van der Waals surface area contributed by atoms with Gasteiger partial charge in [0.05, 0.1) is 0 Å². The van der Waals surface area contributed by atoms with Gasteiger partial charge in [-0.1, -0.05) is 0 Å². The normalized spacial score (nSPS) is 10.4. The molecule has 0 atom stereocenters. The van der Waals surface area contributed by atoms with Crippen molar-refractivity contribution in [2.75, 3.05) is 17.7 Å². The Morgan fingerprint density at radius 1 is 1.58 bits per heavy atom. The van der Waals surface area contributed by atoms with Gasteiger partial charge in [0, 0.05) is 18.9 Å². The van der Waals surface area contributed by atoms with Crippen molar-refractivity contribution >= 4 is 17.7 Å². The predicted molar refractivity (Wildman–Crippen MR) is 54.3 cm³/mol. The first-order chi connectivity index (χ1) is 5.84. The zero-order valence-electron chi connectivity index (χ0n) is 7.36. The van der Waals surface area contributed by atoms with E-state index in [1.807, 2.05) is 22.5 Å². The Hall–Kier alpha value is -0.640. The van der Waals surface area contributed by atoms with Gasteiger partial charge in [-0.15, -0.1) is 0 Å². The Morgan fingerprint density at radius 2 is 2.42 bits per heavy atom. The van der Waals surface area contributed by atoms with Crippen LogP contribution in [-0.4, -0.2) is 21.6 Å². The number of unbranched alkanes of at least 4 members (excludes halogenated alkanes) is 1. The summed E-state index contributed by atoms with van der Waals surface area (Å²) in [4.78, 5) is 3.95. The molecule has 0 saturated carbocycles. The van der Waals surface area contributed by atoms with Gasteiger partial charge in [0.25, 0.3) is 0 Å². The van der Waals surface area contributed by atoms with Gasteiger partial charge in [-0.3, -0.25) is 0 Å². The lowest BCUT2D eigenvalue weighted by atomic mass is 10.3. The van der Waals surface area contributed by atoms with Crippen molar-refractivity contribution < 1.29 is 0 Å². The maximum absolute atomic E-state index is 5.60. The lowest BCUT2D eigenvalue weighted by molar-refractivity contribution is 0.642. The third-order valence-corrected chi connectivity index (χ3v) is 2.44. The third kappa shape index (κ3) is 2.77. The number of imidazole rings is 1. The van der Waals surface area contributed by atoms with E-state index in [2.05, 4.69) is 11.2 Å². The number of rotatable bonds is 5. The van der Waals surface area contributed by atoms with E-state index in [1.165, 1.54) is 18.6 Å². The largest absolute Gasteiger partial charge is 0.369 e. The Balaban J connectivity index is 2.20. The van der Waals surface area contributed by atoms with Crippen LogP contribution in [0.4, 0.5) is 5.95 Å². The number of aromatic nitrogens is 2. The summed E-state index contributed by atoms with van der Waals surface area (Å²) in [6.45, 7) is 0.992. The number of hydrogen-bond acceptors (Lipinski definition) is 3. The van der Waals surface area contributed by atoms with E-state index in [1.54, 1.807) is 6.20 Å². The highest BCUT2D eigenvalue weighted by atomic mass is 32.2. The molecule has 4 heteroatoms. The summed E-state index contributed by atoms with van der Waals surface area (Å²) < 4.78 is 1.99. The molecule has 1 rings (SSSR count). The van der Waals surface area contributed by atoms with Gasteiger partial charge in [-0.2, -0.15) is 11.8 Å². The molecule has 0 amide bonds. The number of thioether (sulfide) groups is 1. The van der Waals surface area contributed by atoms with Crippen LogP contribution in [0.2, 0.25) is 0 Å². The van der Waals surface area contributed by atoms with Crippen molar-refractivity contribution in [3.05, 3.63) is 12.4 Å². The highest BCUT2D eigenvalue weighted by molar-refractivity contribution is 7.98. The molecule has 2 N–H and O–H groups in total. The van der Waals surface area contributed by atoms with Gasteiger partial charge in [-0.25, -0.2) is 4.98 Å². The van der Waals surface area contributed by atoms with E-state index in [0.717, 1.165) is 6.54 Å². The van der Waals surface area contributed by atoms with Gasteiger partial charge < -0.3 is 10.3 Å². The first-order valence-corrected chi connectivity index (χ1v) is 5.49. The van der Waals surface area contributed by atoms with Crippen molar-refractivity contribution in [1.29, 1.82) is 0 Å². The second kappa shape index (κ2) is 5.09. The van der Waals surface area contributed by atoms with E-state index in [9.17, 15) is 0 Å². The molecule has 0 bridgehead atoms. The molecule has 0 saturated heterocycles. The van der Waals surface area contributed by atoms with Crippen LogP contribution < -0.4 is 5.73 Å². The maximum Gasteiger partial charge on any atom is 0.200 e. The summed E-state index contributed by atoms with van der Waals surface area (Å²) in [6, 6.07) is 0. The fourth-order valence-corrected chi connectivity index (χ4v) is 1.55. The van der Waals surface area contributed by atoms with Crippen molar-refractivity contribution in [2.45, 2.75) is 19.4 Å². The first kappa shape index (κ1) is 9.45. The van der Waals surface area contributed by atoms with Gasteiger partial charge in [0.15, 0.2) is 5.95 Å². The maximum atomic E-state index is 5.60. The quantitative estimate of drug-likeness (QED) is 0.709. The minimum Gasteiger partial charge on any atom is -0.369 e. The number of nitrogen functional groups attached to an aromatic ring is 1. The molecule has 1 aromatic heterocycles. The van der Waals surface area contributed by atoms with Crippen LogP contribution in [0.5, 0.6) is 0 Å². The van der Waals surface area contributed by atoms with Gasteiger partial charge in [-0.05, 0) is 24.9 Å². The summed E-state index contributed by atoms with van der Waals surface area (Å²) in [5.41, 5.74) is 5.60. The molecule has 3 nitrogen and oxygen atoms in total. The molecule has 0 aliphatic heterocycles. The summed E-state index contributed by atoms with van der Waals surface area (Å²) >= 11 is 1.89. The standard InChI is InChI=1S/C8H15N3S/c1-12-7-3-2-5-11-6-4-10-8(11)9/h4,6H,2-3,5,7H2,1H3,(H2,9,10). The second-order valence-electron chi connectivity index (χ2n) is 2.68. The highest BCUT2D eigenvalue weighted by Gasteiger charge is 1.95. The minimum absolute atomic E-state index is 0.624. The first-order valence-electron chi connectivity index (χ1n) is 4.10.